The van der Waals surface area contributed by atoms with Gasteiger partial charge in [-0.25, -0.2) is 4.79 Å². The SMILES string of the molecule is CC(C)Cn1c(=O)n(C)c(=O)c2ccc(CCc3ccccc3)cc21. The quantitative estimate of drug-likeness (QED) is 0.718. The van der Waals surface area contributed by atoms with E-state index in [0.717, 1.165) is 23.9 Å². The van der Waals surface area contributed by atoms with Gasteiger partial charge in [0.25, 0.3) is 5.56 Å². The van der Waals surface area contributed by atoms with Crippen molar-refractivity contribution in [2.75, 3.05) is 0 Å². The lowest BCUT2D eigenvalue weighted by Crippen LogP contribution is -2.38. The Kier molecular flexibility index (Phi) is 4.88. The highest BCUT2D eigenvalue weighted by molar-refractivity contribution is 5.78. The predicted octanol–water partition coefficient (Wildman–Crippen LogP) is 3.14. The zero-order valence-corrected chi connectivity index (χ0v) is 15.0. The summed E-state index contributed by atoms with van der Waals surface area (Å²) in [6.07, 6.45) is 1.82. The zero-order valence-electron chi connectivity index (χ0n) is 15.0. The molecule has 0 unspecified atom stereocenters. The van der Waals surface area contributed by atoms with Crippen LogP contribution in [0.1, 0.15) is 25.0 Å². The molecule has 2 aromatic carbocycles. The smallest absolute Gasteiger partial charge is 0.293 e. The minimum atomic E-state index is -0.244. The summed E-state index contributed by atoms with van der Waals surface area (Å²) in [6.45, 7) is 4.75. The zero-order chi connectivity index (χ0) is 18.0. The van der Waals surface area contributed by atoms with Crippen LogP contribution in [0.5, 0.6) is 0 Å². The van der Waals surface area contributed by atoms with Crippen LogP contribution in [-0.4, -0.2) is 9.13 Å². The van der Waals surface area contributed by atoms with Gasteiger partial charge in [0.2, 0.25) is 0 Å². The van der Waals surface area contributed by atoms with Crippen molar-refractivity contribution in [3.63, 3.8) is 0 Å². The lowest BCUT2D eigenvalue weighted by Gasteiger charge is -2.15. The second kappa shape index (κ2) is 7.09. The van der Waals surface area contributed by atoms with Crippen LogP contribution in [0.4, 0.5) is 0 Å². The minimum absolute atomic E-state index is 0.227. The standard InChI is InChI=1S/C21H24N2O2/c1-15(2)14-23-19-13-17(10-9-16-7-5-4-6-8-16)11-12-18(19)20(24)22(3)21(23)25/h4-8,11-13,15H,9-10,14H2,1-3H3. The lowest BCUT2D eigenvalue weighted by atomic mass is 10.0. The lowest BCUT2D eigenvalue weighted by molar-refractivity contribution is 0.502. The summed E-state index contributed by atoms with van der Waals surface area (Å²) in [5.74, 6) is 0.325. The summed E-state index contributed by atoms with van der Waals surface area (Å²) in [5.41, 5.74) is 2.70. The summed E-state index contributed by atoms with van der Waals surface area (Å²) in [6, 6.07) is 16.2. The van der Waals surface area contributed by atoms with Gasteiger partial charge in [-0.15, -0.1) is 0 Å². The Bertz CT molecular complexity index is 998. The van der Waals surface area contributed by atoms with Crippen LogP contribution >= 0.6 is 0 Å². The highest BCUT2D eigenvalue weighted by Gasteiger charge is 2.12. The van der Waals surface area contributed by atoms with E-state index < -0.39 is 0 Å². The first-order valence-electron chi connectivity index (χ1n) is 8.73. The number of aromatic nitrogens is 2. The highest BCUT2D eigenvalue weighted by atomic mass is 16.2. The second-order valence-electron chi connectivity index (χ2n) is 6.99. The fourth-order valence-corrected chi connectivity index (χ4v) is 3.16. The molecule has 0 bridgehead atoms. The van der Waals surface area contributed by atoms with Gasteiger partial charge in [0.1, 0.15) is 0 Å². The average molecular weight is 336 g/mol. The topological polar surface area (TPSA) is 44.0 Å². The second-order valence-corrected chi connectivity index (χ2v) is 6.99. The van der Waals surface area contributed by atoms with E-state index in [1.54, 1.807) is 11.6 Å². The van der Waals surface area contributed by atoms with Crippen molar-refractivity contribution in [2.45, 2.75) is 33.2 Å². The third-order valence-corrected chi connectivity index (χ3v) is 4.50. The monoisotopic (exact) mass is 336 g/mol. The third kappa shape index (κ3) is 3.58. The van der Waals surface area contributed by atoms with Crippen molar-refractivity contribution in [3.05, 3.63) is 80.5 Å². The van der Waals surface area contributed by atoms with E-state index in [2.05, 4.69) is 26.0 Å². The number of aryl methyl sites for hydroxylation is 2. The summed E-state index contributed by atoms with van der Waals surface area (Å²) in [7, 11) is 1.55. The van der Waals surface area contributed by atoms with Crippen molar-refractivity contribution < 1.29 is 0 Å². The van der Waals surface area contributed by atoms with E-state index >= 15 is 0 Å². The molecule has 0 atom stereocenters. The molecule has 1 aromatic heterocycles. The van der Waals surface area contributed by atoms with Gasteiger partial charge in [0.05, 0.1) is 10.9 Å². The van der Waals surface area contributed by atoms with Crippen molar-refractivity contribution in [1.29, 1.82) is 0 Å². The maximum atomic E-state index is 12.6. The summed E-state index contributed by atoms with van der Waals surface area (Å²) in [5, 5.41) is 0.603. The molecule has 0 aliphatic carbocycles. The van der Waals surface area contributed by atoms with E-state index in [-0.39, 0.29) is 11.2 Å². The van der Waals surface area contributed by atoms with Crippen LogP contribution in [0, 0.1) is 5.92 Å². The summed E-state index contributed by atoms with van der Waals surface area (Å²) < 4.78 is 2.93. The van der Waals surface area contributed by atoms with Crippen LogP contribution in [0.15, 0.2) is 58.1 Å². The molecule has 1 heterocycles. The minimum Gasteiger partial charge on any atom is -0.293 e. The first-order chi connectivity index (χ1) is 12.0. The van der Waals surface area contributed by atoms with Crippen molar-refractivity contribution in [3.8, 4) is 0 Å². The van der Waals surface area contributed by atoms with Crippen molar-refractivity contribution in [1.82, 2.24) is 9.13 Å². The molecule has 0 N–H and O–H groups in total. The van der Waals surface area contributed by atoms with Gasteiger partial charge in [0.15, 0.2) is 0 Å². The number of nitrogens with zero attached hydrogens (tertiary/aromatic N) is 2. The third-order valence-electron chi connectivity index (χ3n) is 4.50. The number of hydrogen-bond acceptors (Lipinski definition) is 2. The molecule has 0 radical (unpaired) electrons. The maximum absolute atomic E-state index is 12.6. The van der Waals surface area contributed by atoms with Gasteiger partial charge in [-0.2, -0.15) is 0 Å². The van der Waals surface area contributed by atoms with E-state index in [1.807, 2.05) is 36.4 Å². The van der Waals surface area contributed by atoms with Crippen LogP contribution < -0.4 is 11.2 Å². The Hall–Kier alpha value is -2.62. The van der Waals surface area contributed by atoms with Crippen molar-refractivity contribution >= 4 is 10.9 Å². The molecule has 0 aliphatic rings. The van der Waals surface area contributed by atoms with E-state index in [4.69, 9.17) is 0 Å². The van der Waals surface area contributed by atoms with Gasteiger partial charge in [-0.1, -0.05) is 50.2 Å². The Morgan fingerprint density at radius 2 is 1.60 bits per heavy atom. The van der Waals surface area contributed by atoms with E-state index in [0.29, 0.717) is 17.8 Å². The fourth-order valence-electron chi connectivity index (χ4n) is 3.16. The highest BCUT2D eigenvalue weighted by Crippen LogP contribution is 2.15. The molecular weight excluding hydrogens is 312 g/mol. The Morgan fingerprint density at radius 1 is 0.920 bits per heavy atom. The van der Waals surface area contributed by atoms with Gasteiger partial charge < -0.3 is 0 Å². The maximum Gasteiger partial charge on any atom is 0.331 e. The molecule has 3 rings (SSSR count). The van der Waals surface area contributed by atoms with Crippen LogP contribution in [0.3, 0.4) is 0 Å². The molecule has 130 valence electrons. The van der Waals surface area contributed by atoms with Gasteiger partial charge >= 0.3 is 5.69 Å². The largest absolute Gasteiger partial charge is 0.331 e. The molecule has 0 spiro atoms. The van der Waals surface area contributed by atoms with Crippen molar-refractivity contribution in [2.24, 2.45) is 13.0 Å². The number of benzene rings is 2. The Labute approximate surface area is 147 Å². The number of hydrogen-bond donors (Lipinski definition) is 0. The molecule has 0 aliphatic heterocycles. The van der Waals surface area contributed by atoms with Gasteiger partial charge in [0, 0.05) is 13.6 Å². The van der Waals surface area contributed by atoms with E-state index in [9.17, 15) is 9.59 Å². The van der Waals surface area contributed by atoms with Crippen LogP contribution in [0.2, 0.25) is 0 Å². The molecule has 0 amide bonds. The Balaban J connectivity index is 2.04. The summed E-state index contributed by atoms with van der Waals surface area (Å²) >= 11 is 0. The van der Waals surface area contributed by atoms with E-state index in [1.165, 1.54) is 10.1 Å². The normalized spacial score (nSPS) is 11.4. The molecular formula is C21H24N2O2. The molecule has 0 saturated carbocycles. The first-order valence-corrected chi connectivity index (χ1v) is 8.73. The van der Waals surface area contributed by atoms with Gasteiger partial charge in [-0.05, 0) is 42.0 Å². The number of rotatable bonds is 5. The first kappa shape index (κ1) is 17.2. The summed E-state index contributed by atoms with van der Waals surface area (Å²) in [4.78, 5) is 25.0. The fraction of sp³-hybridized carbons (Fsp3) is 0.333. The van der Waals surface area contributed by atoms with Crippen LogP contribution in [-0.2, 0) is 26.4 Å². The number of fused-ring (bicyclic) bond motifs is 1. The average Bonchev–Trinajstić information content (AvgIpc) is 2.62. The molecule has 0 fully saturated rings. The molecule has 4 nitrogen and oxygen atoms in total. The Morgan fingerprint density at radius 3 is 2.28 bits per heavy atom. The molecule has 3 aromatic rings. The van der Waals surface area contributed by atoms with Gasteiger partial charge in [-0.3, -0.25) is 13.9 Å². The molecule has 25 heavy (non-hydrogen) atoms. The molecule has 4 heteroatoms. The van der Waals surface area contributed by atoms with Crippen LogP contribution in [0.25, 0.3) is 10.9 Å². The predicted molar refractivity (Wildman–Crippen MR) is 102 cm³/mol. The molecule has 0 saturated heterocycles.